The lowest BCUT2D eigenvalue weighted by atomic mass is 10.0. The van der Waals surface area contributed by atoms with E-state index in [4.69, 9.17) is 21.6 Å². The fourth-order valence-electron chi connectivity index (χ4n) is 5.81. The normalized spacial score (nSPS) is 11.8. The fourth-order valence-corrected chi connectivity index (χ4v) is 7.09. The minimum absolute atomic E-state index is 0.0448. The molecule has 56 heavy (non-hydrogen) atoms. The topological polar surface area (TPSA) is 147 Å². The third kappa shape index (κ3) is 7.92. The maximum Gasteiger partial charge on any atom is 0.417 e. The van der Waals surface area contributed by atoms with Crippen LogP contribution in [0.1, 0.15) is 33.9 Å². The van der Waals surface area contributed by atoms with Crippen LogP contribution in [0.25, 0.3) is 44.3 Å². The summed E-state index contributed by atoms with van der Waals surface area (Å²) in [6.45, 7) is 0. The van der Waals surface area contributed by atoms with E-state index in [2.05, 4.69) is 19.9 Å². The molecule has 7 rings (SSSR count). The molecular formula is C40H24F6N8S2. The van der Waals surface area contributed by atoms with E-state index < -0.39 is 23.5 Å². The van der Waals surface area contributed by atoms with Gasteiger partial charge in [0.05, 0.1) is 56.3 Å². The number of aromatic nitrogens is 4. The molecule has 0 fully saturated rings. The zero-order valence-corrected chi connectivity index (χ0v) is 30.1. The Hall–Kier alpha value is -6.26. The number of hydrogen-bond acceptors (Lipinski definition) is 10. The van der Waals surface area contributed by atoms with Gasteiger partial charge in [-0.2, -0.15) is 26.3 Å². The highest BCUT2D eigenvalue weighted by Crippen LogP contribution is 2.38. The van der Waals surface area contributed by atoms with Crippen molar-refractivity contribution in [3.05, 3.63) is 155 Å². The zero-order chi connectivity index (χ0) is 39.8. The van der Waals surface area contributed by atoms with Gasteiger partial charge in [0, 0.05) is 21.9 Å². The molecular weight excluding hydrogens is 771 g/mol. The third-order valence-corrected chi connectivity index (χ3v) is 10.0. The van der Waals surface area contributed by atoms with E-state index >= 15 is 0 Å². The fraction of sp³-hybridized carbons (Fsp3) is 0.0500. The molecule has 4 N–H and O–H groups in total. The monoisotopic (exact) mass is 794 g/mol. The lowest BCUT2D eigenvalue weighted by molar-refractivity contribution is -0.137. The van der Waals surface area contributed by atoms with Gasteiger partial charge in [-0.05, 0) is 96.3 Å². The Morgan fingerprint density at radius 1 is 0.393 bits per heavy atom. The molecule has 8 nitrogen and oxygen atoms in total. The molecule has 0 aliphatic carbocycles. The molecule has 0 atom stereocenters. The van der Waals surface area contributed by atoms with E-state index in [1.807, 2.05) is 0 Å². The first-order valence-corrected chi connectivity index (χ1v) is 18.0. The molecule has 7 aromatic rings. The summed E-state index contributed by atoms with van der Waals surface area (Å²) in [4.78, 5) is 17.8. The SMILES string of the molecule is N=C(SC(=N)c1ccc2c(ccc3nc(C(=N)SC(=N)c4cccc(-c5ccccc5C(F)(F)F)n4)ccc32)n1)c1cccc(-c2ccccc2C(F)(F)F)n1. The first-order chi connectivity index (χ1) is 26.7. The molecule has 0 amide bonds. The molecule has 278 valence electrons. The first-order valence-electron chi connectivity index (χ1n) is 16.4. The summed E-state index contributed by atoms with van der Waals surface area (Å²) in [5.41, 5.74) is -0.0912. The van der Waals surface area contributed by atoms with Crippen molar-refractivity contribution in [1.29, 1.82) is 21.6 Å². The van der Waals surface area contributed by atoms with Crippen molar-refractivity contribution >= 4 is 65.5 Å². The molecule has 4 heterocycles. The molecule has 0 bridgehead atoms. The average Bonchev–Trinajstić information content (AvgIpc) is 3.19. The maximum atomic E-state index is 13.6. The van der Waals surface area contributed by atoms with Crippen molar-refractivity contribution in [2.75, 3.05) is 0 Å². The molecule has 3 aromatic carbocycles. The Labute approximate surface area is 322 Å². The zero-order valence-electron chi connectivity index (χ0n) is 28.4. The minimum Gasteiger partial charge on any atom is -0.292 e. The molecule has 0 spiro atoms. The van der Waals surface area contributed by atoms with Crippen LogP contribution in [0, 0.1) is 21.6 Å². The molecule has 0 saturated heterocycles. The van der Waals surface area contributed by atoms with Gasteiger partial charge in [-0.25, -0.2) is 19.9 Å². The van der Waals surface area contributed by atoms with Crippen molar-refractivity contribution in [2.24, 2.45) is 0 Å². The smallest absolute Gasteiger partial charge is 0.292 e. The summed E-state index contributed by atoms with van der Waals surface area (Å²) >= 11 is 1.51. The number of alkyl halides is 6. The highest BCUT2D eigenvalue weighted by Gasteiger charge is 2.34. The summed E-state index contributed by atoms with van der Waals surface area (Å²) in [5.74, 6) is 0. The number of rotatable bonds is 6. The largest absolute Gasteiger partial charge is 0.417 e. The van der Waals surface area contributed by atoms with Crippen LogP contribution >= 0.6 is 23.5 Å². The molecule has 0 saturated carbocycles. The van der Waals surface area contributed by atoms with Gasteiger partial charge in [0.25, 0.3) is 0 Å². The highest BCUT2D eigenvalue weighted by atomic mass is 32.2. The molecule has 4 aromatic heterocycles. The van der Waals surface area contributed by atoms with E-state index in [-0.39, 0.29) is 65.5 Å². The van der Waals surface area contributed by atoms with Crippen LogP contribution in [-0.4, -0.2) is 40.1 Å². The number of fused-ring (bicyclic) bond motifs is 3. The van der Waals surface area contributed by atoms with Gasteiger partial charge in [-0.1, -0.05) is 48.5 Å². The summed E-state index contributed by atoms with van der Waals surface area (Å²) in [5, 5.41) is 35.3. The summed E-state index contributed by atoms with van der Waals surface area (Å²) in [6, 6.07) is 29.1. The number of nitrogens with one attached hydrogen (secondary N) is 4. The molecule has 0 aliphatic rings. The van der Waals surface area contributed by atoms with Gasteiger partial charge < -0.3 is 0 Å². The lowest BCUT2D eigenvalue weighted by Crippen LogP contribution is -2.09. The highest BCUT2D eigenvalue weighted by molar-refractivity contribution is 8.27. The Morgan fingerprint density at radius 3 is 1.12 bits per heavy atom. The Bertz CT molecular complexity index is 2550. The van der Waals surface area contributed by atoms with Gasteiger partial charge in [0.15, 0.2) is 0 Å². The predicted octanol–water partition coefficient (Wildman–Crippen LogP) is 11.1. The minimum atomic E-state index is -4.59. The lowest BCUT2D eigenvalue weighted by Gasteiger charge is -2.13. The second-order valence-corrected chi connectivity index (χ2v) is 14.1. The number of benzene rings is 3. The van der Waals surface area contributed by atoms with Gasteiger partial charge >= 0.3 is 12.4 Å². The molecule has 0 aliphatic heterocycles. The predicted molar refractivity (Wildman–Crippen MR) is 209 cm³/mol. The van der Waals surface area contributed by atoms with Crippen LogP contribution in [0.5, 0.6) is 0 Å². The number of halogens is 6. The Balaban J connectivity index is 1.06. The number of nitrogens with zero attached hydrogens (tertiary/aromatic N) is 4. The number of pyridine rings is 4. The van der Waals surface area contributed by atoms with Gasteiger partial charge in [0.1, 0.15) is 20.2 Å². The van der Waals surface area contributed by atoms with Gasteiger partial charge in [0.2, 0.25) is 0 Å². The Morgan fingerprint density at radius 2 is 0.750 bits per heavy atom. The number of hydrogen-bond donors (Lipinski definition) is 4. The van der Waals surface area contributed by atoms with Crippen molar-refractivity contribution in [1.82, 2.24) is 19.9 Å². The van der Waals surface area contributed by atoms with Crippen LogP contribution in [0.2, 0.25) is 0 Å². The van der Waals surface area contributed by atoms with E-state index in [9.17, 15) is 26.3 Å². The van der Waals surface area contributed by atoms with Crippen molar-refractivity contribution < 1.29 is 26.3 Å². The van der Waals surface area contributed by atoms with Crippen LogP contribution in [0.3, 0.4) is 0 Å². The van der Waals surface area contributed by atoms with Crippen molar-refractivity contribution in [2.45, 2.75) is 12.4 Å². The van der Waals surface area contributed by atoms with Crippen molar-refractivity contribution in [3.63, 3.8) is 0 Å². The first kappa shape index (κ1) is 38.0. The van der Waals surface area contributed by atoms with E-state index in [0.29, 0.717) is 21.8 Å². The van der Waals surface area contributed by atoms with Crippen LogP contribution in [-0.2, 0) is 12.4 Å². The van der Waals surface area contributed by atoms with Crippen LogP contribution in [0.4, 0.5) is 26.3 Å². The number of thioether (sulfide) groups is 2. The van der Waals surface area contributed by atoms with E-state index in [1.54, 1.807) is 36.4 Å². The molecule has 0 unspecified atom stereocenters. The Kier molecular flexibility index (Phi) is 10.3. The van der Waals surface area contributed by atoms with Gasteiger partial charge in [-0.15, -0.1) is 0 Å². The maximum absolute atomic E-state index is 13.6. The van der Waals surface area contributed by atoms with E-state index in [1.165, 1.54) is 72.8 Å². The van der Waals surface area contributed by atoms with Crippen LogP contribution < -0.4 is 0 Å². The standard InChI is InChI=1S/C40H24F6N8S2/c41-39(42,43)25-9-3-1-7-23(25)27-11-5-13-31(51-27)35(47)55-37(49)33-17-15-21-22-16-18-34(54-30(22)20-19-29(21)53-33)38(50)56-36(48)32-14-6-12-28(52-32)24-8-2-4-10-26(24)40(44,45)46/h1-20,47-50H. The second-order valence-electron chi connectivity index (χ2n) is 12.0. The van der Waals surface area contributed by atoms with Gasteiger partial charge in [-0.3, -0.25) is 21.6 Å². The van der Waals surface area contributed by atoms with E-state index in [0.717, 1.165) is 35.7 Å². The summed E-state index contributed by atoms with van der Waals surface area (Å²) in [7, 11) is 0. The second kappa shape index (κ2) is 15.1. The summed E-state index contributed by atoms with van der Waals surface area (Å²) < 4.78 is 81.8. The molecule has 0 radical (unpaired) electrons. The summed E-state index contributed by atoms with van der Waals surface area (Å²) in [6.07, 6.45) is -9.18. The van der Waals surface area contributed by atoms with Crippen molar-refractivity contribution in [3.8, 4) is 22.5 Å². The van der Waals surface area contributed by atoms with Crippen LogP contribution in [0.15, 0.2) is 121 Å². The average molecular weight is 795 g/mol. The molecule has 16 heteroatoms. The third-order valence-electron chi connectivity index (χ3n) is 8.39. The quantitative estimate of drug-likeness (QED) is 0.0570.